The Morgan fingerprint density at radius 3 is 2.61 bits per heavy atom. The monoisotopic (exact) mass is 247 g/mol. The summed E-state index contributed by atoms with van der Waals surface area (Å²) < 4.78 is 9.80. The highest BCUT2D eigenvalue weighted by Gasteiger charge is 2.05. The van der Waals surface area contributed by atoms with E-state index in [0.29, 0.717) is 24.0 Å². The van der Waals surface area contributed by atoms with Gasteiger partial charge in [-0.1, -0.05) is 17.2 Å². The molecule has 94 valence electrons. The van der Waals surface area contributed by atoms with E-state index < -0.39 is 0 Å². The molecule has 1 heterocycles. The summed E-state index contributed by atoms with van der Waals surface area (Å²) in [5, 5.41) is 10.5. The number of esters is 1. The summed E-state index contributed by atoms with van der Waals surface area (Å²) in [6.45, 7) is 2.27. The van der Waals surface area contributed by atoms with E-state index in [9.17, 15) is 4.79 Å². The third-order valence-electron chi connectivity index (χ3n) is 2.34. The first-order chi connectivity index (χ1) is 8.69. The molecule has 0 amide bonds. The van der Waals surface area contributed by atoms with E-state index >= 15 is 0 Å². The maximum Gasteiger partial charge on any atom is 0.337 e. The Balaban J connectivity index is 1.96. The Kier molecular flexibility index (Phi) is 3.57. The Morgan fingerprint density at radius 1 is 1.33 bits per heavy atom. The number of carbonyl (C=O) groups is 1. The number of nitrogens with one attached hydrogen (secondary N) is 1. The standard InChI is InChI=1S/C12H13N3O3/c1-8-14-15-12(18-8)13-7-9-3-5-10(6-4-9)11(16)17-2/h3-6H,7H2,1-2H3,(H,13,15). The van der Waals surface area contributed by atoms with Crippen molar-refractivity contribution in [2.45, 2.75) is 13.5 Å². The zero-order valence-corrected chi connectivity index (χ0v) is 10.1. The van der Waals surface area contributed by atoms with Crippen molar-refractivity contribution in [2.24, 2.45) is 0 Å². The number of rotatable bonds is 4. The molecule has 1 aromatic carbocycles. The molecule has 0 saturated heterocycles. The lowest BCUT2D eigenvalue weighted by atomic mass is 10.1. The molecule has 1 aromatic heterocycles. The number of aryl methyl sites for hydroxylation is 1. The van der Waals surface area contributed by atoms with Gasteiger partial charge in [0.15, 0.2) is 0 Å². The summed E-state index contributed by atoms with van der Waals surface area (Å²) in [5.41, 5.74) is 1.52. The first-order valence-corrected chi connectivity index (χ1v) is 5.40. The molecule has 6 heteroatoms. The van der Waals surface area contributed by atoms with Crippen LogP contribution in [0.15, 0.2) is 28.7 Å². The second kappa shape index (κ2) is 5.31. The number of aromatic nitrogens is 2. The van der Waals surface area contributed by atoms with Gasteiger partial charge in [-0.15, -0.1) is 5.10 Å². The van der Waals surface area contributed by atoms with E-state index in [0.717, 1.165) is 5.56 Å². The summed E-state index contributed by atoms with van der Waals surface area (Å²) in [4.78, 5) is 11.2. The summed E-state index contributed by atoms with van der Waals surface area (Å²) in [7, 11) is 1.36. The number of anilines is 1. The average Bonchev–Trinajstić information content (AvgIpc) is 2.82. The van der Waals surface area contributed by atoms with Gasteiger partial charge < -0.3 is 14.5 Å². The average molecular weight is 247 g/mol. The molecule has 0 saturated carbocycles. The minimum atomic E-state index is -0.345. The number of hydrogen-bond acceptors (Lipinski definition) is 6. The third-order valence-corrected chi connectivity index (χ3v) is 2.34. The molecule has 0 spiro atoms. The number of benzene rings is 1. The quantitative estimate of drug-likeness (QED) is 0.830. The zero-order valence-electron chi connectivity index (χ0n) is 10.1. The van der Waals surface area contributed by atoms with Crippen LogP contribution in [0.1, 0.15) is 21.8 Å². The minimum Gasteiger partial charge on any atom is -0.465 e. The van der Waals surface area contributed by atoms with Gasteiger partial charge in [0.25, 0.3) is 0 Å². The van der Waals surface area contributed by atoms with Crippen LogP contribution in [0, 0.1) is 6.92 Å². The van der Waals surface area contributed by atoms with E-state index in [1.54, 1.807) is 19.1 Å². The molecule has 1 N–H and O–H groups in total. The van der Waals surface area contributed by atoms with Crippen molar-refractivity contribution in [1.82, 2.24) is 10.2 Å². The largest absolute Gasteiger partial charge is 0.465 e. The normalized spacial score (nSPS) is 10.1. The number of hydrogen-bond donors (Lipinski definition) is 1. The molecule has 0 atom stereocenters. The topological polar surface area (TPSA) is 77.2 Å². The number of carbonyl (C=O) groups excluding carboxylic acids is 1. The van der Waals surface area contributed by atoms with Gasteiger partial charge in [-0.2, -0.15) is 0 Å². The third kappa shape index (κ3) is 2.85. The summed E-state index contributed by atoms with van der Waals surface area (Å²) in [6, 6.07) is 7.47. The fourth-order valence-electron chi connectivity index (χ4n) is 1.42. The lowest BCUT2D eigenvalue weighted by Crippen LogP contribution is -2.03. The van der Waals surface area contributed by atoms with E-state index in [4.69, 9.17) is 4.42 Å². The summed E-state index contributed by atoms with van der Waals surface area (Å²) >= 11 is 0. The second-order valence-corrected chi connectivity index (χ2v) is 3.67. The van der Waals surface area contributed by atoms with Crippen LogP contribution in [0.2, 0.25) is 0 Å². The van der Waals surface area contributed by atoms with Crippen LogP contribution in [0.4, 0.5) is 6.01 Å². The van der Waals surface area contributed by atoms with Crippen LogP contribution in [0.25, 0.3) is 0 Å². The SMILES string of the molecule is COC(=O)c1ccc(CNc2nnc(C)o2)cc1. The van der Waals surface area contributed by atoms with E-state index in [-0.39, 0.29) is 5.97 Å². The lowest BCUT2D eigenvalue weighted by molar-refractivity contribution is 0.0600. The van der Waals surface area contributed by atoms with Crippen molar-refractivity contribution in [3.05, 3.63) is 41.3 Å². The maximum absolute atomic E-state index is 11.2. The highest BCUT2D eigenvalue weighted by molar-refractivity contribution is 5.89. The minimum absolute atomic E-state index is 0.345. The highest BCUT2D eigenvalue weighted by Crippen LogP contribution is 2.09. The summed E-state index contributed by atoms with van der Waals surface area (Å²) in [5.74, 6) is 0.167. The molecule has 0 aliphatic carbocycles. The van der Waals surface area contributed by atoms with Crippen LogP contribution >= 0.6 is 0 Å². The molecule has 0 unspecified atom stereocenters. The maximum atomic E-state index is 11.2. The summed E-state index contributed by atoms with van der Waals surface area (Å²) in [6.07, 6.45) is 0. The van der Waals surface area contributed by atoms with Crippen molar-refractivity contribution in [1.29, 1.82) is 0 Å². The van der Waals surface area contributed by atoms with E-state index in [1.807, 2.05) is 12.1 Å². The molecule has 0 fully saturated rings. The van der Waals surface area contributed by atoms with Gasteiger partial charge in [-0.3, -0.25) is 0 Å². The highest BCUT2D eigenvalue weighted by atomic mass is 16.5. The molecule has 2 rings (SSSR count). The predicted octanol–water partition coefficient (Wildman–Crippen LogP) is 1.78. The number of nitrogens with zero attached hydrogens (tertiary/aromatic N) is 2. The number of methoxy groups -OCH3 is 1. The molecular weight excluding hydrogens is 234 g/mol. The van der Waals surface area contributed by atoms with Crippen molar-refractivity contribution in [3.63, 3.8) is 0 Å². The zero-order chi connectivity index (χ0) is 13.0. The Bertz CT molecular complexity index is 534. The van der Waals surface area contributed by atoms with Gasteiger partial charge in [-0.25, -0.2) is 4.79 Å². The molecule has 18 heavy (non-hydrogen) atoms. The van der Waals surface area contributed by atoms with Crippen molar-refractivity contribution < 1.29 is 13.9 Å². The van der Waals surface area contributed by atoms with Crippen LogP contribution in [-0.4, -0.2) is 23.3 Å². The molecular formula is C12H13N3O3. The second-order valence-electron chi connectivity index (χ2n) is 3.67. The molecule has 0 bridgehead atoms. The smallest absolute Gasteiger partial charge is 0.337 e. The van der Waals surface area contributed by atoms with Crippen LogP contribution in [0.5, 0.6) is 0 Å². The van der Waals surface area contributed by atoms with Crippen LogP contribution in [0.3, 0.4) is 0 Å². The van der Waals surface area contributed by atoms with Gasteiger partial charge >= 0.3 is 12.0 Å². The Hall–Kier alpha value is -2.37. The lowest BCUT2D eigenvalue weighted by Gasteiger charge is -2.03. The van der Waals surface area contributed by atoms with Gasteiger partial charge in [-0.05, 0) is 17.7 Å². The van der Waals surface area contributed by atoms with Crippen LogP contribution < -0.4 is 5.32 Å². The first-order valence-electron chi connectivity index (χ1n) is 5.40. The fraction of sp³-hybridized carbons (Fsp3) is 0.250. The van der Waals surface area contributed by atoms with Crippen molar-refractivity contribution in [2.75, 3.05) is 12.4 Å². The first kappa shape index (κ1) is 12.1. The molecule has 0 aliphatic heterocycles. The van der Waals surface area contributed by atoms with E-state index in [1.165, 1.54) is 7.11 Å². The predicted molar refractivity (Wildman–Crippen MR) is 64.1 cm³/mol. The van der Waals surface area contributed by atoms with E-state index in [2.05, 4.69) is 20.3 Å². The Labute approximate surface area is 104 Å². The molecule has 6 nitrogen and oxygen atoms in total. The van der Waals surface area contributed by atoms with Gasteiger partial charge in [0.1, 0.15) is 0 Å². The van der Waals surface area contributed by atoms with Gasteiger partial charge in [0.2, 0.25) is 5.89 Å². The Morgan fingerprint density at radius 2 is 2.06 bits per heavy atom. The number of ether oxygens (including phenoxy) is 1. The molecule has 0 aliphatic rings. The fourth-order valence-corrected chi connectivity index (χ4v) is 1.42. The molecule has 0 radical (unpaired) electrons. The van der Waals surface area contributed by atoms with Crippen molar-refractivity contribution >= 4 is 12.0 Å². The molecule has 2 aromatic rings. The van der Waals surface area contributed by atoms with Gasteiger partial charge in [0, 0.05) is 13.5 Å². The van der Waals surface area contributed by atoms with Crippen LogP contribution in [-0.2, 0) is 11.3 Å². The van der Waals surface area contributed by atoms with Crippen molar-refractivity contribution in [3.8, 4) is 0 Å². The van der Waals surface area contributed by atoms with Gasteiger partial charge in [0.05, 0.1) is 12.7 Å².